The lowest BCUT2D eigenvalue weighted by molar-refractivity contribution is -0.118. The van der Waals surface area contributed by atoms with Crippen LogP contribution in [0.3, 0.4) is 0 Å². The molecule has 6 nitrogen and oxygen atoms in total. The van der Waals surface area contributed by atoms with Gasteiger partial charge in [-0.2, -0.15) is 0 Å². The number of halogens is 1. The van der Waals surface area contributed by atoms with Gasteiger partial charge < -0.3 is 5.32 Å². The van der Waals surface area contributed by atoms with Gasteiger partial charge in [-0.3, -0.25) is 14.5 Å². The Balaban J connectivity index is 1.61. The number of amides is 2. The van der Waals surface area contributed by atoms with Crippen molar-refractivity contribution in [3.8, 4) is 0 Å². The Labute approximate surface area is 168 Å². The highest BCUT2D eigenvalue weighted by molar-refractivity contribution is 9.10. The lowest BCUT2D eigenvalue weighted by atomic mass is 10.3. The zero-order chi connectivity index (χ0) is 18.7. The number of benzene rings is 1. The van der Waals surface area contributed by atoms with Gasteiger partial charge in [-0.15, -0.1) is 10.2 Å². The average molecular weight is 455 g/mol. The summed E-state index contributed by atoms with van der Waals surface area (Å²) in [6, 6.07) is 7.69. The van der Waals surface area contributed by atoms with Crippen molar-refractivity contribution in [2.45, 2.75) is 48.7 Å². The lowest BCUT2D eigenvalue weighted by Gasteiger charge is -2.17. The van der Waals surface area contributed by atoms with Gasteiger partial charge in [0.1, 0.15) is 0 Å². The molecule has 1 fully saturated rings. The van der Waals surface area contributed by atoms with Crippen LogP contribution in [0.15, 0.2) is 33.1 Å². The molecule has 2 aromatic rings. The predicted octanol–water partition coefficient (Wildman–Crippen LogP) is 4.33. The fourth-order valence-electron chi connectivity index (χ4n) is 2.30. The Morgan fingerprint density at radius 1 is 1.35 bits per heavy atom. The molecule has 9 heteroatoms. The molecule has 1 aromatic heterocycles. The molecule has 1 N–H and O–H groups in total. The molecule has 1 saturated carbocycles. The quantitative estimate of drug-likeness (QED) is 0.497. The Hall–Kier alpha value is -1.45. The van der Waals surface area contributed by atoms with Gasteiger partial charge in [0.25, 0.3) is 0 Å². The molecule has 0 saturated heterocycles. The Morgan fingerprint density at radius 2 is 2.04 bits per heavy atom. The number of carbonyl (C=O) groups excluding carboxylic acids is 2. The van der Waals surface area contributed by atoms with E-state index < -0.39 is 0 Å². The number of nitrogens with zero attached hydrogens (tertiary/aromatic N) is 3. The van der Waals surface area contributed by atoms with Crippen LogP contribution in [-0.2, 0) is 9.59 Å². The average Bonchev–Trinajstić information content (AvgIpc) is 3.36. The summed E-state index contributed by atoms with van der Waals surface area (Å²) in [6.45, 7) is 3.68. The Bertz CT molecular complexity index is 792. The molecule has 1 heterocycles. The summed E-state index contributed by atoms with van der Waals surface area (Å²) in [4.78, 5) is 26.3. The second-order valence-corrected chi connectivity index (χ2v) is 9.41. The maximum Gasteiger partial charge on any atom is 0.237 e. The summed E-state index contributed by atoms with van der Waals surface area (Å²) >= 11 is 6.09. The number of anilines is 2. The van der Waals surface area contributed by atoms with Gasteiger partial charge in [0, 0.05) is 22.6 Å². The van der Waals surface area contributed by atoms with Crippen molar-refractivity contribution in [3.05, 3.63) is 28.7 Å². The molecule has 138 valence electrons. The van der Waals surface area contributed by atoms with Crippen molar-refractivity contribution in [1.29, 1.82) is 0 Å². The molecular weight excluding hydrogens is 436 g/mol. The molecule has 1 aliphatic rings. The van der Waals surface area contributed by atoms with E-state index >= 15 is 0 Å². The molecule has 3 rings (SSSR count). The molecular formula is C17H19BrN4O2S2. The minimum atomic E-state index is -0.323. The highest BCUT2D eigenvalue weighted by Gasteiger charge is 2.35. The van der Waals surface area contributed by atoms with Gasteiger partial charge in [-0.05, 0) is 44.0 Å². The first kappa shape index (κ1) is 19.3. The number of thioether (sulfide) groups is 1. The molecule has 26 heavy (non-hydrogen) atoms. The maximum atomic E-state index is 12.4. The van der Waals surface area contributed by atoms with Crippen LogP contribution >= 0.6 is 39.0 Å². The standard InChI is InChI=1S/C17H19BrN4O2S2/c1-3-14(23)22(13-8-9-13)16-20-21-17(26-16)25-10(2)15(24)19-12-6-4-11(18)5-7-12/h4-7,10,13H,3,8-9H2,1-2H3,(H,19,24)/t10-/m0/s1. The van der Waals surface area contributed by atoms with Crippen LogP contribution < -0.4 is 10.2 Å². The maximum absolute atomic E-state index is 12.4. The predicted molar refractivity (Wildman–Crippen MR) is 109 cm³/mol. The van der Waals surface area contributed by atoms with Crippen molar-refractivity contribution in [1.82, 2.24) is 10.2 Å². The number of carbonyl (C=O) groups is 2. The fourth-order valence-corrected chi connectivity index (χ4v) is 4.64. The normalized spacial score (nSPS) is 14.7. The van der Waals surface area contributed by atoms with E-state index in [1.807, 2.05) is 38.1 Å². The summed E-state index contributed by atoms with van der Waals surface area (Å²) in [5, 5.41) is 11.5. The van der Waals surface area contributed by atoms with E-state index in [0.29, 0.717) is 15.9 Å². The number of nitrogens with one attached hydrogen (secondary N) is 1. The van der Waals surface area contributed by atoms with Crippen LogP contribution in [-0.4, -0.2) is 33.3 Å². The summed E-state index contributed by atoms with van der Waals surface area (Å²) in [5.74, 6) is -0.0287. The third-order valence-corrected chi connectivity index (χ3v) is 6.48. The number of hydrogen-bond donors (Lipinski definition) is 1. The highest BCUT2D eigenvalue weighted by atomic mass is 79.9. The third kappa shape index (κ3) is 4.83. The minimum absolute atomic E-state index is 0.0706. The number of hydrogen-bond acceptors (Lipinski definition) is 6. The second-order valence-electron chi connectivity index (χ2n) is 5.96. The smallest absolute Gasteiger partial charge is 0.237 e. The third-order valence-electron chi connectivity index (χ3n) is 3.84. The summed E-state index contributed by atoms with van der Waals surface area (Å²) in [7, 11) is 0. The molecule has 0 bridgehead atoms. The van der Waals surface area contributed by atoms with Crippen LogP contribution in [0.5, 0.6) is 0 Å². The van der Waals surface area contributed by atoms with Gasteiger partial charge >= 0.3 is 0 Å². The van der Waals surface area contributed by atoms with Crippen molar-refractivity contribution in [2.75, 3.05) is 10.2 Å². The van der Waals surface area contributed by atoms with Crippen LogP contribution in [0.4, 0.5) is 10.8 Å². The van der Waals surface area contributed by atoms with Crippen LogP contribution in [0.25, 0.3) is 0 Å². The van der Waals surface area contributed by atoms with Crippen LogP contribution in [0, 0.1) is 0 Å². The molecule has 1 atom stereocenters. The van der Waals surface area contributed by atoms with Gasteiger partial charge in [-0.1, -0.05) is 46.0 Å². The first-order valence-corrected chi connectivity index (χ1v) is 10.9. The van der Waals surface area contributed by atoms with E-state index in [2.05, 4.69) is 31.4 Å². The summed E-state index contributed by atoms with van der Waals surface area (Å²) < 4.78 is 1.65. The van der Waals surface area contributed by atoms with Crippen LogP contribution in [0.2, 0.25) is 0 Å². The molecule has 2 amide bonds. The highest BCUT2D eigenvalue weighted by Crippen LogP contribution is 2.37. The second kappa shape index (κ2) is 8.49. The minimum Gasteiger partial charge on any atom is -0.325 e. The molecule has 0 unspecified atom stereocenters. The molecule has 1 aromatic carbocycles. The summed E-state index contributed by atoms with van der Waals surface area (Å²) in [5.41, 5.74) is 0.747. The molecule has 0 aliphatic heterocycles. The van der Waals surface area contributed by atoms with Gasteiger partial charge in [0.05, 0.1) is 5.25 Å². The van der Waals surface area contributed by atoms with E-state index in [1.165, 1.54) is 23.1 Å². The van der Waals surface area contributed by atoms with E-state index in [4.69, 9.17) is 0 Å². The Morgan fingerprint density at radius 3 is 2.65 bits per heavy atom. The topological polar surface area (TPSA) is 75.2 Å². The molecule has 1 aliphatic carbocycles. The zero-order valence-electron chi connectivity index (χ0n) is 14.4. The zero-order valence-corrected chi connectivity index (χ0v) is 17.7. The monoisotopic (exact) mass is 454 g/mol. The van der Waals surface area contributed by atoms with Crippen molar-refractivity contribution < 1.29 is 9.59 Å². The van der Waals surface area contributed by atoms with Crippen molar-refractivity contribution in [3.63, 3.8) is 0 Å². The molecule has 0 spiro atoms. The first-order chi connectivity index (χ1) is 12.5. The van der Waals surface area contributed by atoms with Gasteiger partial charge in [0.15, 0.2) is 4.34 Å². The number of aromatic nitrogens is 2. The van der Waals surface area contributed by atoms with E-state index in [0.717, 1.165) is 23.0 Å². The van der Waals surface area contributed by atoms with Crippen molar-refractivity contribution in [2.24, 2.45) is 0 Å². The Kier molecular flexibility index (Phi) is 6.31. The lowest BCUT2D eigenvalue weighted by Crippen LogP contribution is -2.32. The first-order valence-electron chi connectivity index (χ1n) is 8.36. The molecule has 0 radical (unpaired) electrons. The largest absolute Gasteiger partial charge is 0.325 e. The van der Waals surface area contributed by atoms with Gasteiger partial charge in [0.2, 0.25) is 16.9 Å². The van der Waals surface area contributed by atoms with Crippen molar-refractivity contribution >= 4 is 61.7 Å². The van der Waals surface area contributed by atoms with E-state index in [1.54, 1.807) is 4.90 Å². The number of rotatable bonds is 7. The summed E-state index contributed by atoms with van der Waals surface area (Å²) in [6.07, 6.45) is 2.48. The SMILES string of the molecule is CCC(=O)N(c1nnc(S[C@@H](C)C(=O)Nc2ccc(Br)cc2)s1)C1CC1. The van der Waals surface area contributed by atoms with E-state index in [9.17, 15) is 9.59 Å². The van der Waals surface area contributed by atoms with E-state index in [-0.39, 0.29) is 23.1 Å². The van der Waals surface area contributed by atoms with Gasteiger partial charge in [-0.25, -0.2) is 0 Å². The van der Waals surface area contributed by atoms with Crippen LogP contribution in [0.1, 0.15) is 33.1 Å². The fraction of sp³-hybridized carbons (Fsp3) is 0.412.